The van der Waals surface area contributed by atoms with Crippen LogP contribution < -0.4 is 9.64 Å². The Bertz CT molecular complexity index is 1300. The molecule has 1 aliphatic rings. The summed E-state index contributed by atoms with van der Waals surface area (Å²) in [5.74, 6) is 2.21. The highest BCUT2D eigenvalue weighted by atomic mass is 35.5. The molecule has 4 rings (SSSR count). The number of anilines is 1. The number of hydrogen-bond donors (Lipinski definition) is 0. The molecule has 1 saturated heterocycles. The van der Waals surface area contributed by atoms with Crippen LogP contribution in [0.1, 0.15) is 46.3 Å². The molecule has 9 nitrogen and oxygen atoms in total. The molecule has 1 aliphatic heterocycles. The van der Waals surface area contributed by atoms with Crippen LogP contribution in [0.3, 0.4) is 0 Å². The number of hydrogen-bond acceptors (Lipinski definition) is 7. The number of ether oxygens (including phenoxy) is 1. The molecule has 0 radical (unpaired) electrons. The van der Waals surface area contributed by atoms with Crippen LogP contribution in [0.2, 0.25) is 5.02 Å². The molecular weight excluding hydrogens is 494 g/mol. The number of nitro benzene ring substituents is 1. The van der Waals surface area contributed by atoms with E-state index in [1.807, 2.05) is 19.1 Å². The summed E-state index contributed by atoms with van der Waals surface area (Å²) in [6.45, 7) is 6.39. The van der Waals surface area contributed by atoms with Crippen molar-refractivity contribution in [3.05, 3.63) is 85.8 Å². The minimum atomic E-state index is -0.526. The second kappa shape index (κ2) is 11.6. The zero-order valence-electron chi connectivity index (χ0n) is 21.2. The molecule has 0 aliphatic carbocycles. The highest BCUT2D eigenvalue weighted by molar-refractivity contribution is 6.34. The summed E-state index contributed by atoms with van der Waals surface area (Å²) >= 11 is 6.23. The molecule has 0 saturated carbocycles. The number of aryl methyl sites for hydroxylation is 2. The van der Waals surface area contributed by atoms with Crippen molar-refractivity contribution >= 4 is 29.0 Å². The van der Waals surface area contributed by atoms with Gasteiger partial charge in [-0.1, -0.05) is 30.7 Å². The monoisotopic (exact) mass is 523 g/mol. The van der Waals surface area contributed by atoms with Crippen molar-refractivity contribution in [1.29, 1.82) is 0 Å². The number of carbonyl (C=O) groups is 1. The van der Waals surface area contributed by atoms with Gasteiger partial charge in [0.05, 0.1) is 22.6 Å². The Labute approximate surface area is 221 Å². The van der Waals surface area contributed by atoms with Crippen molar-refractivity contribution in [3.8, 4) is 5.75 Å². The van der Waals surface area contributed by atoms with Crippen LogP contribution in [-0.4, -0.2) is 59.0 Å². The van der Waals surface area contributed by atoms with Gasteiger partial charge < -0.3 is 14.5 Å². The molecule has 37 heavy (non-hydrogen) atoms. The first-order chi connectivity index (χ1) is 17.8. The van der Waals surface area contributed by atoms with Crippen molar-refractivity contribution in [3.63, 3.8) is 0 Å². The van der Waals surface area contributed by atoms with Crippen LogP contribution in [0, 0.1) is 17.0 Å². The van der Waals surface area contributed by atoms with E-state index in [2.05, 4.69) is 24.0 Å². The number of methoxy groups -OCH3 is 1. The molecule has 0 bridgehead atoms. The number of rotatable bonds is 7. The maximum Gasteiger partial charge on any atom is 0.270 e. The van der Waals surface area contributed by atoms with E-state index in [0.717, 1.165) is 53.6 Å². The van der Waals surface area contributed by atoms with Crippen LogP contribution in [0.25, 0.3) is 0 Å². The van der Waals surface area contributed by atoms with Crippen LogP contribution in [0.4, 0.5) is 11.5 Å². The van der Waals surface area contributed by atoms with E-state index in [4.69, 9.17) is 26.3 Å². The molecule has 0 N–H and O–H groups in total. The van der Waals surface area contributed by atoms with E-state index in [1.54, 1.807) is 12.0 Å². The van der Waals surface area contributed by atoms with Crippen LogP contribution >= 0.6 is 11.6 Å². The van der Waals surface area contributed by atoms with Crippen molar-refractivity contribution in [2.45, 2.75) is 33.1 Å². The lowest BCUT2D eigenvalue weighted by molar-refractivity contribution is -0.384. The van der Waals surface area contributed by atoms with E-state index >= 15 is 0 Å². The Morgan fingerprint density at radius 1 is 1.11 bits per heavy atom. The zero-order chi connectivity index (χ0) is 26.5. The lowest BCUT2D eigenvalue weighted by Gasteiger charge is -2.26. The van der Waals surface area contributed by atoms with Crippen molar-refractivity contribution in [2.75, 3.05) is 38.2 Å². The van der Waals surface area contributed by atoms with Gasteiger partial charge in [-0.05, 0) is 43.5 Å². The first-order valence-corrected chi connectivity index (χ1v) is 12.7. The van der Waals surface area contributed by atoms with Gasteiger partial charge in [0.1, 0.15) is 17.4 Å². The van der Waals surface area contributed by atoms with E-state index in [-0.39, 0.29) is 22.2 Å². The lowest BCUT2D eigenvalue weighted by atomic mass is 10.0. The van der Waals surface area contributed by atoms with E-state index in [9.17, 15) is 14.9 Å². The quantitative estimate of drug-likeness (QED) is 0.322. The molecule has 0 atom stereocenters. The molecule has 1 amide bonds. The fraction of sp³-hybridized carbons (Fsp3) is 0.370. The Morgan fingerprint density at radius 2 is 1.86 bits per heavy atom. The van der Waals surface area contributed by atoms with Crippen molar-refractivity contribution in [2.24, 2.45) is 0 Å². The molecule has 0 unspecified atom stereocenters. The molecule has 2 aromatic carbocycles. The molecule has 194 valence electrons. The Morgan fingerprint density at radius 3 is 2.51 bits per heavy atom. The number of benzene rings is 2. The summed E-state index contributed by atoms with van der Waals surface area (Å²) in [5.41, 5.74) is 3.39. The van der Waals surface area contributed by atoms with Gasteiger partial charge in [-0.3, -0.25) is 14.9 Å². The Hall–Kier alpha value is -3.72. The first kappa shape index (κ1) is 26.3. The third-order valence-corrected chi connectivity index (χ3v) is 6.85. The third kappa shape index (κ3) is 5.99. The van der Waals surface area contributed by atoms with Crippen LogP contribution in [0.15, 0.2) is 42.5 Å². The van der Waals surface area contributed by atoms with Gasteiger partial charge in [0.15, 0.2) is 0 Å². The highest BCUT2D eigenvalue weighted by Gasteiger charge is 2.26. The molecule has 2 heterocycles. The summed E-state index contributed by atoms with van der Waals surface area (Å²) in [6, 6.07) is 12.0. The minimum absolute atomic E-state index is 0.0843. The van der Waals surface area contributed by atoms with Gasteiger partial charge in [-0.2, -0.15) is 0 Å². The fourth-order valence-corrected chi connectivity index (χ4v) is 4.87. The second-order valence-corrected chi connectivity index (χ2v) is 9.36. The van der Waals surface area contributed by atoms with E-state index < -0.39 is 4.92 Å². The average molecular weight is 524 g/mol. The number of halogens is 1. The maximum absolute atomic E-state index is 13.2. The summed E-state index contributed by atoms with van der Waals surface area (Å²) in [4.78, 5) is 37.3. The topological polar surface area (TPSA) is 102 Å². The number of nitro groups is 1. The van der Waals surface area contributed by atoms with Gasteiger partial charge in [0.2, 0.25) is 0 Å². The first-order valence-electron chi connectivity index (χ1n) is 12.3. The summed E-state index contributed by atoms with van der Waals surface area (Å²) < 4.78 is 5.29. The van der Waals surface area contributed by atoms with Crippen molar-refractivity contribution < 1.29 is 14.5 Å². The normalized spacial score (nSPS) is 13.8. The van der Waals surface area contributed by atoms with E-state index in [1.165, 1.54) is 18.2 Å². The van der Waals surface area contributed by atoms with Crippen LogP contribution in [0.5, 0.6) is 5.75 Å². The SMILES string of the molecule is CCc1nc(C)nc(N2CCCN(C(=O)c3ccc([N+](=O)[O-])cc3Cl)CC2)c1Cc1ccc(OC)cc1. The number of carbonyl (C=O) groups excluding carboxylic acids is 1. The third-order valence-electron chi connectivity index (χ3n) is 6.53. The molecule has 1 aromatic heterocycles. The van der Waals surface area contributed by atoms with Gasteiger partial charge in [0.25, 0.3) is 11.6 Å². The molecular formula is C27H30ClN5O4. The minimum Gasteiger partial charge on any atom is -0.497 e. The highest BCUT2D eigenvalue weighted by Crippen LogP contribution is 2.28. The number of amides is 1. The summed E-state index contributed by atoms with van der Waals surface area (Å²) in [5, 5.41) is 11.1. The largest absolute Gasteiger partial charge is 0.497 e. The molecule has 3 aromatic rings. The van der Waals surface area contributed by atoms with Crippen LogP contribution in [-0.2, 0) is 12.8 Å². The van der Waals surface area contributed by atoms with Gasteiger partial charge in [-0.15, -0.1) is 0 Å². The Balaban J connectivity index is 1.57. The molecule has 1 fully saturated rings. The average Bonchev–Trinajstić information content (AvgIpc) is 3.15. The smallest absolute Gasteiger partial charge is 0.270 e. The maximum atomic E-state index is 13.2. The van der Waals surface area contributed by atoms with E-state index in [0.29, 0.717) is 26.1 Å². The molecule has 0 spiro atoms. The summed E-state index contributed by atoms with van der Waals surface area (Å²) in [6.07, 6.45) is 2.24. The standard InChI is InChI=1S/C27H30ClN5O4/c1-4-25-23(16-19-6-9-21(37-3)10-7-19)26(30-18(2)29-25)31-12-5-13-32(15-14-31)27(34)22-11-8-20(33(35)36)17-24(22)28/h6-11,17H,4-5,12-16H2,1-3H3. The number of aromatic nitrogens is 2. The second-order valence-electron chi connectivity index (χ2n) is 8.95. The van der Waals surface area contributed by atoms with Gasteiger partial charge in [0, 0.05) is 56.0 Å². The predicted octanol–water partition coefficient (Wildman–Crippen LogP) is 4.86. The fourth-order valence-electron chi connectivity index (χ4n) is 4.61. The zero-order valence-corrected chi connectivity index (χ0v) is 22.0. The van der Waals surface area contributed by atoms with Crippen molar-refractivity contribution in [1.82, 2.24) is 14.9 Å². The van der Waals surface area contributed by atoms with Gasteiger partial charge >= 0.3 is 0 Å². The molecule has 10 heteroatoms. The summed E-state index contributed by atoms with van der Waals surface area (Å²) in [7, 11) is 1.65. The number of nitrogens with zero attached hydrogens (tertiary/aromatic N) is 5. The van der Waals surface area contributed by atoms with Gasteiger partial charge in [-0.25, -0.2) is 9.97 Å². The lowest BCUT2D eigenvalue weighted by Crippen LogP contribution is -2.36. The Kier molecular flexibility index (Phi) is 8.23. The predicted molar refractivity (Wildman–Crippen MR) is 143 cm³/mol. The number of non-ortho nitro benzene ring substituents is 1.